The summed E-state index contributed by atoms with van der Waals surface area (Å²) in [4.78, 5) is 28.5. The molecule has 0 unspecified atom stereocenters. The Bertz CT molecular complexity index is 747. The Hall–Kier alpha value is -2.37. The fourth-order valence-corrected chi connectivity index (χ4v) is 2.79. The van der Waals surface area contributed by atoms with Crippen LogP contribution in [0.25, 0.3) is 11.0 Å². The van der Waals surface area contributed by atoms with Gasteiger partial charge >= 0.3 is 0 Å². The third kappa shape index (κ3) is 3.93. The minimum Gasteiger partial charge on any atom is -0.355 e. The smallest absolute Gasteiger partial charge is 0.240 e. The first-order chi connectivity index (χ1) is 11.5. The first-order valence-corrected chi connectivity index (χ1v) is 8.56. The number of para-hydroxylation sites is 2. The molecule has 1 heterocycles. The van der Waals surface area contributed by atoms with E-state index in [1.807, 2.05) is 42.7 Å². The molecule has 1 fully saturated rings. The number of carbonyl (C=O) groups excluding carboxylic acids is 2. The summed E-state index contributed by atoms with van der Waals surface area (Å²) < 4.78 is 1.94. The van der Waals surface area contributed by atoms with Crippen molar-refractivity contribution in [2.45, 2.75) is 45.7 Å². The predicted octanol–water partition coefficient (Wildman–Crippen LogP) is 1.63. The van der Waals surface area contributed by atoms with Crippen LogP contribution >= 0.6 is 0 Å². The van der Waals surface area contributed by atoms with Crippen LogP contribution in [0.4, 0.5) is 0 Å². The van der Waals surface area contributed by atoms with Gasteiger partial charge in [-0.15, -0.1) is 0 Å². The second kappa shape index (κ2) is 7.03. The topological polar surface area (TPSA) is 76.0 Å². The minimum atomic E-state index is -0.0311. The van der Waals surface area contributed by atoms with Crippen LogP contribution in [-0.4, -0.2) is 34.0 Å². The monoisotopic (exact) mass is 328 g/mol. The highest BCUT2D eigenvalue weighted by atomic mass is 16.2. The second-order valence-electron chi connectivity index (χ2n) is 6.64. The largest absolute Gasteiger partial charge is 0.355 e. The molecular formula is C18H24N4O2. The highest BCUT2D eigenvalue weighted by Crippen LogP contribution is 2.28. The maximum absolute atomic E-state index is 12.2. The molecule has 128 valence electrons. The second-order valence-corrected chi connectivity index (χ2v) is 6.64. The average molecular weight is 328 g/mol. The summed E-state index contributed by atoms with van der Waals surface area (Å²) >= 11 is 0. The third-order valence-electron chi connectivity index (χ3n) is 4.08. The van der Waals surface area contributed by atoms with Crippen LogP contribution in [0.1, 0.15) is 32.5 Å². The predicted molar refractivity (Wildman–Crippen MR) is 92.4 cm³/mol. The number of hydrogen-bond acceptors (Lipinski definition) is 3. The highest BCUT2D eigenvalue weighted by Gasteiger charge is 2.29. The zero-order chi connectivity index (χ0) is 17.1. The molecule has 0 radical (unpaired) electrons. The van der Waals surface area contributed by atoms with E-state index < -0.39 is 0 Å². The van der Waals surface area contributed by atoms with Gasteiger partial charge in [0.2, 0.25) is 11.8 Å². The van der Waals surface area contributed by atoms with E-state index in [0.29, 0.717) is 13.0 Å². The van der Waals surface area contributed by atoms with Crippen LogP contribution in [0, 0.1) is 5.92 Å². The molecule has 6 heteroatoms. The van der Waals surface area contributed by atoms with Gasteiger partial charge in [-0.25, -0.2) is 4.98 Å². The van der Waals surface area contributed by atoms with Crippen molar-refractivity contribution in [2.75, 3.05) is 6.54 Å². The highest BCUT2D eigenvalue weighted by molar-refractivity contribution is 5.82. The van der Waals surface area contributed by atoms with E-state index in [4.69, 9.17) is 0 Å². The zero-order valence-electron chi connectivity index (χ0n) is 14.2. The maximum Gasteiger partial charge on any atom is 0.240 e. The Balaban J connectivity index is 1.73. The van der Waals surface area contributed by atoms with Crippen molar-refractivity contribution in [3.63, 3.8) is 0 Å². The van der Waals surface area contributed by atoms with Crippen molar-refractivity contribution in [1.82, 2.24) is 20.2 Å². The molecule has 2 N–H and O–H groups in total. The molecule has 24 heavy (non-hydrogen) atoms. The quantitative estimate of drug-likeness (QED) is 0.811. The average Bonchev–Trinajstić information content (AvgIpc) is 3.32. The molecule has 1 aliphatic carbocycles. The normalized spacial score (nSPS) is 14.1. The molecule has 0 aliphatic heterocycles. The molecule has 1 aromatic carbocycles. The van der Waals surface area contributed by atoms with E-state index in [9.17, 15) is 9.59 Å². The van der Waals surface area contributed by atoms with Gasteiger partial charge in [-0.05, 0) is 38.8 Å². The Kier molecular flexibility index (Phi) is 4.83. The van der Waals surface area contributed by atoms with E-state index in [1.54, 1.807) is 0 Å². The molecule has 2 aromatic rings. The van der Waals surface area contributed by atoms with Crippen LogP contribution < -0.4 is 10.6 Å². The van der Waals surface area contributed by atoms with Gasteiger partial charge in [-0.2, -0.15) is 0 Å². The van der Waals surface area contributed by atoms with Crippen LogP contribution in [0.3, 0.4) is 0 Å². The van der Waals surface area contributed by atoms with E-state index in [-0.39, 0.29) is 30.3 Å². The molecule has 3 rings (SSSR count). The van der Waals surface area contributed by atoms with Crippen molar-refractivity contribution >= 4 is 22.8 Å². The first-order valence-electron chi connectivity index (χ1n) is 8.56. The van der Waals surface area contributed by atoms with E-state index in [2.05, 4.69) is 15.6 Å². The maximum atomic E-state index is 12.2. The van der Waals surface area contributed by atoms with Crippen molar-refractivity contribution < 1.29 is 9.59 Å². The molecule has 0 bridgehead atoms. The van der Waals surface area contributed by atoms with Gasteiger partial charge in [0.25, 0.3) is 0 Å². The van der Waals surface area contributed by atoms with E-state index in [0.717, 1.165) is 29.7 Å². The summed E-state index contributed by atoms with van der Waals surface area (Å²) in [5.41, 5.74) is 1.82. The number of nitrogens with zero attached hydrogens (tertiary/aromatic N) is 2. The van der Waals surface area contributed by atoms with Gasteiger partial charge in [0, 0.05) is 24.9 Å². The SMILES string of the molecule is CC(C)NC(=O)Cn1c(CCNC(=O)C2CC2)nc2ccccc21. The van der Waals surface area contributed by atoms with Crippen molar-refractivity contribution in [3.8, 4) is 0 Å². The van der Waals surface area contributed by atoms with Crippen molar-refractivity contribution in [1.29, 1.82) is 0 Å². The van der Waals surface area contributed by atoms with Gasteiger partial charge in [0.05, 0.1) is 11.0 Å². The molecule has 0 spiro atoms. The van der Waals surface area contributed by atoms with Gasteiger partial charge in [-0.3, -0.25) is 9.59 Å². The molecule has 0 atom stereocenters. The van der Waals surface area contributed by atoms with Crippen LogP contribution in [0.2, 0.25) is 0 Å². The lowest BCUT2D eigenvalue weighted by Crippen LogP contribution is -2.34. The fraction of sp³-hybridized carbons (Fsp3) is 0.500. The molecule has 6 nitrogen and oxygen atoms in total. The zero-order valence-corrected chi connectivity index (χ0v) is 14.2. The molecular weight excluding hydrogens is 304 g/mol. The lowest BCUT2D eigenvalue weighted by molar-refractivity contribution is -0.123. The number of rotatable bonds is 7. The Morgan fingerprint density at radius 3 is 2.75 bits per heavy atom. The first kappa shape index (κ1) is 16.5. The number of hydrogen-bond donors (Lipinski definition) is 2. The van der Waals surface area contributed by atoms with Gasteiger partial charge < -0.3 is 15.2 Å². The minimum absolute atomic E-state index is 0.0311. The van der Waals surface area contributed by atoms with Gasteiger partial charge in [0.15, 0.2) is 0 Å². The molecule has 1 aromatic heterocycles. The van der Waals surface area contributed by atoms with Gasteiger partial charge in [-0.1, -0.05) is 12.1 Å². The molecule has 1 saturated carbocycles. The summed E-state index contributed by atoms with van der Waals surface area (Å²) in [7, 11) is 0. The van der Waals surface area contributed by atoms with E-state index in [1.165, 1.54) is 0 Å². The standard InChI is InChI=1S/C18H24N4O2/c1-12(2)20-17(23)11-22-15-6-4-3-5-14(15)21-16(22)9-10-19-18(24)13-7-8-13/h3-6,12-13H,7-11H2,1-2H3,(H,19,24)(H,20,23). The van der Waals surface area contributed by atoms with Crippen LogP contribution in [0.5, 0.6) is 0 Å². The van der Waals surface area contributed by atoms with E-state index >= 15 is 0 Å². The lowest BCUT2D eigenvalue weighted by atomic mass is 10.3. The summed E-state index contributed by atoms with van der Waals surface area (Å²) in [6.45, 7) is 4.67. The Morgan fingerprint density at radius 2 is 2.04 bits per heavy atom. The Labute approximate surface area is 141 Å². The Morgan fingerprint density at radius 1 is 1.29 bits per heavy atom. The number of carbonyl (C=O) groups is 2. The number of amides is 2. The lowest BCUT2D eigenvalue weighted by Gasteiger charge is -2.12. The number of nitrogens with one attached hydrogen (secondary N) is 2. The summed E-state index contributed by atoms with van der Waals surface area (Å²) in [5, 5.41) is 5.87. The summed E-state index contributed by atoms with van der Waals surface area (Å²) in [6, 6.07) is 7.90. The summed E-state index contributed by atoms with van der Waals surface area (Å²) in [5.74, 6) is 1.14. The fourth-order valence-electron chi connectivity index (χ4n) is 2.79. The number of aromatic nitrogens is 2. The van der Waals surface area contributed by atoms with Crippen LogP contribution in [-0.2, 0) is 22.6 Å². The number of fused-ring (bicyclic) bond motifs is 1. The van der Waals surface area contributed by atoms with Crippen LogP contribution in [0.15, 0.2) is 24.3 Å². The molecule has 0 saturated heterocycles. The third-order valence-corrected chi connectivity index (χ3v) is 4.08. The number of imidazole rings is 1. The van der Waals surface area contributed by atoms with Crippen molar-refractivity contribution in [2.24, 2.45) is 5.92 Å². The summed E-state index contributed by atoms with van der Waals surface area (Å²) in [6.07, 6.45) is 2.61. The van der Waals surface area contributed by atoms with Crippen molar-refractivity contribution in [3.05, 3.63) is 30.1 Å². The number of benzene rings is 1. The molecule has 1 aliphatic rings. The molecule has 2 amide bonds. The van der Waals surface area contributed by atoms with Gasteiger partial charge in [0.1, 0.15) is 12.4 Å².